The van der Waals surface area contributed by atoms with Crippen molar-refractivity contribution in [3.8, 4) is 5.88 Å². The van der Waals surface area contributed by atoms with E-state index in [0.29, 0.717) is 19.1 Å². The summed E-state index contributed by atoms with van der Waals surface area (Å²) in [7, 11) is 0. The van der Waals surface area contributed by atoms with Crippen LogP contribution in [-0.2, 0) is 4.74 Å². The largest absolute Gasteiger partial charge is 0.477 e. The number of carboxylic acid groups (broad SMARTS) is 1. The molecule has 0 bridgehead atoms. The fourth-order valence-corrected chi connectivity index (χ4v) is 1.35. The minimum Gasteiger partial charge on any atom is -0.477 e. The average molecular weight is 284 g/mol. The van der Waals surface area contributed by atoms with Gasteiger partial charge < -0.3 is 14.6 Å². The molecule has 0 aliphatic heterocycles. The molecule has 0 radical (unpaired) electrons. The first kappa shape index (κ1) is 15.8. The normalized spacial score (nSPS) is 10.6. The summed E-state index contributed by atoms with van der Waals surface area (Å²) in [5.41, 5.74) is -1.02. The molecule has 110 valence electrons. The number of ether oxygens (including phenoxy) is 2. The molecule has 1 heterocycles. The highest BCUT2D eigenvalue weighted by Gasteiger charge is 2.21. The van der Waals surface area contributed by atoms with Crippen molar-refractivity contribution < 1.29 is 24.3 Å². The van der Waals surface area contributed by atoms with E-state index in [1.165, 1.54) is 0 Å². The lowest BCUT2D eigenvalue weighted by atomic mass is 10.2. The molecule has 1 aromatic rings. The van der Waals surface area contributed by atoms with Gasteiger partial charge in [-0.2, -0.15) is 0 Å². The molecule has 0 aromatic carbocycles. The molecule has 1 N–H and O–H groups in total. The zero-order chi connectivity index (χ0) is 15.1. The topological polar surface area (TPSA) is 112 Å². The van der Waals surface area contributed by atoms with Gasteiger partial charge in [-0.25, -0.2) is 9.78 Å². The van der Waals surface area contributed by atoms with Crippen molar-refractivity contribution in [2.24, 2.45) is 5.92 Å². The first-order valence-corrected chi connectivity index (χ1v) is 6.00. The fourth-order valence-electron chi connectivity index (χ4n) is 1.35. The van der Waals surface area contributed by atoms with Gasteiger partial charge in [-0.1, -0.05) is 13.8 Å². The van der Waals surface area contributed by atoms with Gasteiger partial charge in [0, 0.05) is 12.7 Å². The van der Waals surface area contributed by atoms with Gasteiger partial charge in [0.15, 0.2) is 0 Å². The van der Waals surface area contributed by atoms with Crippen LogP contribution < -0.4 is 4.74 Å². The van der Waals surface area contributed by atoms with Crippen molar-refractivity contribution in [2.45, 2.75) is 13.8 Å². The molecule has 20 heavy (non-hydrogen) atoms. The second kappa shape index (κ2) is 7.39. The summed E-state index contributed by atoms with van der Waals surface area (Å²) < 4.78 is 10.5. The third-order valence-corrected chi connectivity index (χ3v) is 2.21. The summed E-state index contributed by atoms with van der Waals surface area (Å²) in [6.07, 6.45) is 0.869. The SMILES string of the molecule is CC(C)COCCOc1cc(C(=O)O)c([N+](=O)[O-])cn1. The predicted octanol–water partition coefficient (Wildman–Crippen LogP) is 1.74. The van der Waals surface area contributed by atoms with Gasteiger partial charge in [0.1, 0.15) is 18.4 Å². The number of aromatic carboxylic acids is 1. The van der Waals surface area contributed by atoms with E-state index in [4.69, 9.17) is 14.6 Å². The van der Waals surface area contributed by atoms with Gasteiger partial charge in [-0.15, -0.1) is 0 Å². The number of rotatable bonds is 8. The highest BCUT2D eigenvalue weighted by atomic mass is 16.6. The molecule has 0 saturated heterocycles. The Labute approximate surface area is 115 Å². The van der Waals surface area contributed by atoms with Crippen LogP contribution in [0.5, 0.6) is 5.88 Å². The van der Waals surface area contributed by atoms with Crippen LogP contribution in [0, 0.1) is 16.0 Å². The van der Waals surface area contributed by atoms with Crippen LogP contribution in [0.2, 0.25) is 0 Å². The molecule has 0 atom stereocenters. The molecular weight excluding hydrogens is 268 g/mol. The van der Waals surface area contributed by atoms with Crippen molar-refractivity contribution >= 4 is 11.7 Å². The Bertz CT molecular complexity index is 489. The van der Waals surface area contributed by atoms with Crippen LogP contribution in [0.25, 0.3) is 0 Å². The molecule has 0 aliphatic rings. The maximum Gasteiger partial charge on any atom is 0.342 e. The number of hydrogen-bond acceptors (Lipinski definition) is 6. The van der Waals surface area contributed by atoms with Gasteiger partial charge in [0.2, 0.25) is 5.88 Å². The van der Waals surface area contributed by atoms with Crippen LogP contribution in [-0.4, -0.2) is 40.8 Å². The smallest absolute Gasteiger partial charge is 0.342 e. The number of carbonyl (C=O) groups is 1. The molecule has 8 nitrogen and oxygen atoms in total. The summed E-state index contributed by atoms with van der Waals surface area (Å²) in [6, 6.07) is 1.03. The number of pyridine rings is 1. The Balaban J connectivity index is 2.61. The van der Waals surface area contributed by atoms with Crippen molar-refractivity contribution in [1.29, 1.82) is 0 Å². The third kappa shape index (κ3) is 4.81. The van der Waals surface area contributed by atoms with E-state index in [1.54, 1.807) is 0 Å². The predicted molar refractivity (Wildman–Crippen MR) is 69.0 cm³/mol. The zero-order valence-corrected chi connectivity index (χ0v) is 11.2. The standard InChI is InChI=1S/C12H16N2O6/c1-8(2)7-19-3-4-20-11-5-9(12(15)16)10(6-13-11)14(17)18/h5-6,8H,3-4,7H2,1-2H3,(H,15,16). The van der Waals surface area contributed by atoms with Gasteiger partial charge in [0.25, 0.3) is 0 Å². The molecule has 0 fully saturated rings. The monoisotopic (exact) mass is 284 g/mol. The van der Waals surface area contributed by atoms with E-state index in [2.05, 4.69) is 4.98 Å². The molecule has 0 saturated carbocycles. The Morgan fingerprint density at radius 1 is 1.50 bits per heavy atom. The molecule has 0 amide bonds. The van der Waals surface area contributed by atoms with E-state index in [0.717, 1.165) is 12.3 Å². The summed E-state index contributed by atoms with van der Waals surface area (Å²) in [6.45, 7) is 5.14. The van der Waals surface area contributed by atoms with Gasteiger partial charge in [0.05, 0.1) is 11.5 Å². The van der Waals surface area contributed by atoms with Crippen molar-refractivity contribution in [2.75, 3.05) is 19.8 Å². The van der Waals surface area contributed by atoms with Crippen LogP contribution in [0.4, 0.5) is 5.69 Å². The molecule has 1 aromatic heterocycles. The van der Waals surface area contributed by atoms with Crippen LogP contribution in [0.3, 0.4) is 0 Å². The fraction of sp³-hybridized carbons (Fsp3) is 0.500. The minimum absolute atomic E-state index is 0.0150. The van der Waals surface area contributed by atoms with E-state index in [1.807, 2.05) is 13.8 Å². The minimum atomic E-state index is -1.40. The van der Waals surface area contributed by atoms with Crippen molar-refractivity contribution in [1.82, 2.24) is 4.98 Å². The maximum absolute atomic E-state index is 10.9. The lowest BCUT2D eigenvalue weighted by Gasteiger charge is -2.08. The highest BCUT2D eigenvalue weighted by molar-refractivity contribution is 5.92. The van der Waals surface area contributed by atoms with E-state index in [9.17, 15) is 14.9 Å². The second-order valence-corrected chi connectivity index (χ2v) is 4.42. The van der Waals surface area contributed by atoms with E-state index < -0.39 is 22.1 Å². The number of nitrogens with zero attached hydrogens (tertiary/aromatic N) is 2. The van der Waals surface area contributed by atoms with E-state index >= 15 is 0 Å². The number of aromatic nitrogens is 1. The van der Waals surface area contributed by atoms with Gasteiger partial charge >= 0.3 is 11.7 Å². The first-order chi connectivity index (χ1) is 9.41. The van der Waals surface area contributed by atoms with Crippen LogP contribution >= 0.6 is 0 Å². The van der Waals surface area contributed by atoms with Crippen LogP contribution in [0.15, 0.2) is 12.3 Å². The number of hydrogen-bond donors (Lipinski definition) is 1. The molecule has 1 rings (SSSR count). The summed E-state index contributed by atoms with van der Waals surface area (Å²) in [4.78, 5) is 24.5. The number of nitro groups is 1. The molecule has 0 unspecified atom stereocenters. The second-order valence-electron chi connectivity index (χ2n) is 4.42. The number of carboxylic acids is 1. The summed E-state index contributed by atoms with van der Waals surface area (Å²) in [5, 5.41) is 19.5. The maximum atomic E-state index is 10.9. The van der Waals surface area contributed by atoms with Gasteiger partial charge in [-0.05, 0) is 5.92 Å². The Kier molecular flexibility index (Phi) is 5.85. The molecule has 0 aliphatic carbocycles. The summed E-state index contributed by atoms with van der Waals surface area (Å²) in [5.74, 6) is -0.979. The average Bonchev–Trinajstić information content (AvgIpc) is 2.37. The highest BCUT2D eigenvalue weighted by Crippen LogP contribution is 2.21. The molecule has 0 spiro atoms. The van der Waals surface area contributed by atoms with Crippen molar-refractivity contribution in [3.63, 3.8) is 0 Å². The molecular formula is C12H16N2O6. The Hall–Kier alpha value is -2.22. The van der Waals surface area contributed by atoms with Crippen LogP contribution in [0.1, 0.15) is 24.2 Å². The summed E-state index contributed by atoms with van der Waals surface area (Å²) >= 11 is 0. The Morgan fingerprint density at radius 2 is 2.20 bits per heavy atom. The van der Waals surface area contributed by atoms with E-state index in [-0.39, 0.29) is 12.5 Å². The third-order valence-electron chi connectivity index (χ3n) is 2.21. The van der Waals surface area contributed by atoms with Crippen molar-refractivity contribution in [3.05, 3.63) is 27.9 Å². The van der Waals surface area contributed by atoms with Gasteiger partial charge in [-0.3, -0.25) is 10.1 Å². The first-order valence-electron chi connectivity index (χ1n) is 6.00. The lowest BCUT2D eigenvalue weighted by molar-refractivity contribution is -0.385. The lowest BCUT2D eigenvalue weighted by Crippen LogP contribution is -2.11. The quantitative estimate of drug-likeness (QED) is 0.439. The Morgan fingerprint density at radius 3 is 2.75 bits per heavy atom. The molecule has 8 heteroatoms. The zero-order valence-electron chi connectivity index (χ0n) is 11.2.